The highest BCUT2D eigenvalue weighted by molar-refractivity contribution is 5.77. The highest BCUT2D eigenvalue weighted by atomic mass is 19.4. The van der Waals surface area contributed by atoms with Gasteiger partial charge in [0.2, 0.25) is 0 Å². The number of carboxylic acid groups (broad SMARTS) is 1. The number of alkyl halides is 3. The Morgan fingerprint density at radius 3 is 2.31 bits per heavy atom. The second-order valence-corrected chi connectivity index (χ2v) is 3.80. The minimum absolute atomic E-state index is 0.0795. The number of nitrogens with two attached hydrogens (primary N) is 1. The third-order valence-corrected chi connectivity index (χ3v) is 2.00. The van der Waals surface area contributed by atoms with Crippen LogP contribution in [0.3, 0.4) is 0 Å². The van der Waals surface area contributed by atoms with E-state index in [4.69, 9.17) is 15.6 Å². The van der Waals surface area contributed by atoms with Gasteiger partial charge in [0.15, 0.2) is 0 Å². The van der Waals surface area contributed by atoms with E-state index >= 15 is 0 Å². The third kappa shape index (κ3) is 7.47. The van der Waals surface area contributed by atoms with Crippen LogP contribution < -0.4 is 5.73 Å². The molecule has 0 aromatic heterocycles. The van der Waals surface area contributed by atoms with Crippen molar-refractivity contribution in [2.75, 3.05) is 13.2 Å². The van der Waals surface area contributed by atoms with E-state index in [2.05, 4.69) is 0 Å². The fourth-order valence-corrected chi connectivity index (χ4v) is 0.938. The molecule has 16 heavy (non-hydrogen) atoms. The Bertz CT molecular complexity index is 229. The fourth-order valence-electron chi connectivity index (χ4n) is 0.938. The Morgan fingerprint density at radius 2 is 1.88 bits per heavy atom. The van der Waals surface area contributed by atoms with Gasteiger partial charge in [0.25, 0.3) is 0 Å². The monoisotopic (exact) mass is 243 g/mol. The Kier molecular flexibility index (Phi) is 5.74. The van der Waals surface area contributed by atoms with Crippen LogP contribution >= 0.6 is 0 Å². The van der Waals surface area contributed by atoms with Gasteiger partial charge in [-0.15, -0.1) is 0 Å². The van der Waals surface area contributed by atoms with Gasteiger partial charge in [-0.25, -0.2) is 0 Å². The van der Waals surface area contributed by atoms with Crippen molar-refractivity contribution in [2.45, 2.75) is 37.9 Å². The molecule has 1 unspecified atom stereocenters. The number of halogens is 3. The highest BCUT2D eigenvalue weighted by Crippen LogP contribution is 2.19. The molecule has 0 saturated carbocycles. The summed E-state index contributed by atoms with van der Waals surface area (Å²) >= 11 is 0. The van der Waals surface area contributed by atoms with E-state index in [1.807, 2.05) is 0 Å². The van der Waals surface area contributed by atoms with Crippen molar-refractivity contribution >= 4 is 5.97 Å². The predicted octanol–water partition coefficient (Wildman–Crippen LogP) is 1.54. The summed E-state index contributed by atoms with van der Waals surface area (Å²) in [5.41, 5.74) is 4.05. The first kappa shape index (κ1) is 15.2. The van der Waals surface area contributed by atoms with E-state index in [0.717, 1.165) is 0 Å². The van der Waals surface area contributed by atoms with E-state index in [-0.39, 0.29) is 13.0 Å². The van der Waals surface area contributed by atoms with Gasteiger partial charge in [0, 0.05) is 6.61 Å². The SMILES string of the molecule is CC(N)(CCCOCCC(F)(F)F)C(=O)O. The number of hydrogen-bond acceptors (Lipinski definition) is 3. The van der Waals surface area contributed by atoms with Gasteiger partial charge in [-0.3, -0.25) is 4.79 Å². The van der Waals surface area contributed by atoms with Gasteiger partial charge in [-0.05, 0) is 19.8 Å². The average molecular weight is 243 g/mol. The van der Waals surface area contributed by atoms with Crippen LogP contribution in [-0.4, -0.2) is 36.0 Å². The van der Waals surface area contributed by atoms with Crippen LogP contribution in [0.5, 0.6) is 0 Å². The predicted molar refractivity (Wildman–Crippen MR) is 51.0 cm³/mol. The normalized spacial score (nSPS) is 15.8. The second-order valence-electron chi connectivity index (χ2n) is 3.80. The zero-order chi connectivity index (χ0) is 12.8. The molecule has 0 bridgehead atoms. The first-order chi connectivity index (χ1) is 7.15. The van der Waals surface area contributed by atoms with Gasteiger partial charge in [-0.2, -0.15) is 13.2 Å². The van der Waals surface area contributed by atoms with Gasteiger partial charge in [0.1, 0.15) is 5.54 Å². The quantitative estimate of drug-likeness (QED) is 0.665. The number of carboxylic acids is 1. The number of carbonyl (C=O) groups is 1. The van der Waals surface area contributed by atoms with E-state index in [0.29, 0.717) is 6.42 Å². The zero-order valence-corrected chi connectivity index (χ0v) is 9.01. The van der Waals surface area contributed by atoms with E-state index in [9.17, 15) is 18.0 Å². The minimum atomic E-state index is -4.22. The molecular weight excluding hydrogens is 227 g/mol. The molecule has 0 amide bonds. The summed E-state index contributed by atoms with van der Waals surface area (Å²) in [5.74, 6) is -1.14. The summed E-state index contributed by atoms with van der Waals surface area (Å²) in [4.78, 5) is 10.6. The molecule has 0 radical (unpaired) electrons. The van der Waals surface area contributed by atoms with Crippen LogP contribution in [0.25, 0.3) is 0 Å². The highest BCUT2D eigenvalue weighted by Gasteiger charge is 2.28. The molecule has 4 nitrogen and oxygen atoms in total. The molecule has 0 aliphatic carbocycles. The molecule has 0 fully saturated rings. The van der Waals surface area contributed by atoms with Crippen LogP contribution in [0.4, 0.5) is 13.2 Å². The van der Waals surface area contributed by atoms with Gasteiger partial charge in [0.05, 0.1) is 13.0 Å². The van der Waals surface area contributed by atoms with Crippen molar-refractivity contribution in [1.82, 2.24) is 0 Å². The summed E-state index contributed by atoms with van der Waals surface area (Å²) in [6, 6.07) is 0. The first-order valence-corrected chi connectivity index (χ1v) is 4.82. The summed E-state index contributed by atoms with van der Waals surface area (Å²) in [6.07, 6.45) is -4.74. The van der Waals surface area contributed by atoms with E-state index in [1.54, 1.807) is 0 Å². The third-order valence-electron chi connectivity index (χ3n) is 2.00. The van der Waals surface area contributed by atoms with Crippen molar-refractivity contribution in [3.8, 4) is 0 Å². The molecule has 0 spiro atoms. The smallest absolute Gasteiger partial charge is 0.391 e. The average Bonchev–Trinajstić information content (AvgIpc) is 2.09. The fraction of sp³-hybridized carbons (Fsp3) is 0.889. The van der Waals surface area contributed by atoms with Crippen LogP contribution in [-0.2, 0) is 9.53 Å². The summed E-state index contributed by atoms with van der Waals surface area (Å²) in [5, 5.41) is 8.64. The minimum Gasteiger partial charge on any atom is -0.480 e. The number of rotatable bonds is 7. The number of aliphatic carboxylic acids is 1. The maximum atomic E-state index is 11.7. The van der Waals surface area contributed by atoms with Crippen LogP contribution in [0.15, 0.2) is 0 Å². The van der Waals surface area contributed by atoms with Crippen LogP contribution in [0.1, 0.15) is 26.2 Å². The van der Waals surface area contributed by atoms with Gasteiger partial charge >= 0.3 is 12.1 Å². The van der Waals surface area contributed by atoms with Crippen molar-refractivity contribution in [2.24, 2.45) is 5.73 Å². The van der Waals surface area contributed by atoms with Crippen molar-refractivity contribution < 1.29 is 27.8 Å². The molecule has 0 saturated heterocycles. The molecule has 0 aliphatic rings. The first-order valence-electron chi connectivity index (χ1n) is 4.82. The van der Waals surface area contributed by atoms with Gasteiger partial charge < -0.3 is 15.6 Å². The molecule has 7 heteroatoms. The molecule has 0 aliphatic heterocycles. The second kappa shape index (κ2) is 6.05. The topological polar surface area (TPSA) is 72.5 Å². The van der Waals surface area contributed by atoms with Crippen LogP contribution in [0.2, 0.25) is 0 Å². The van der Waals surface area contributed by atoms with E-state index < -0.39 is 30.7 Å². The Morgan fingerprint density at radius 1 is 1.31 bits per heavy atom. The maximum absolute atomic E-state index is 11.7. The molecular formula is C9H16F3NO3. The summed E-state index contributed by atoms with van der Waals surface area (Å²) in [6.45, 7) is 1.03. The van der Waals surface area contributed by atoms with Crippen molar-refractivity contribution in [1.29, 1.82) is 0 Å². The molecule has 0 heterocycles. The zero-order valence-electron chi connectivity index (χ0n) is 9.01. The van der Waals surface area contributed by atoms with Crippen molar-refractivity contribution in [3.05, 3.63) is 0 Å². The lowest BCUT2D eigenvalue weighted by Crippen LogP contribution is -2.44. The Balaban J connectivity index is 3.52. The molecule has 3 N–H and O–H groups in total. The summed E-state index contributed by atoms with van der Waals surface area (Å²) in [7, 11) is 0. The Hall–Kier alpha value is -0.820. The lowest BCUT2D eigenvalue weighted by atomic mass is 9.98. The van der Waals surface area contributed by atoms with Gasteiger partial charge in [-0.1, -0.05) is 0 Å². The van der Waals surface area contributed by atoms with E-state index in [1.165, 1.54) is 6.92 Å². The lowest BCUT2D eigenvalue weighted by Gasteiger charge is -2.18. The summed E-state index contributed by atoms with van der Waals surface area (Å²) < 4.78 is 39.8. The largest absolute Gasteiger partial charge is 0.480 e. The Labute approximate surface area is 91.6 Å². The molecule has 1 atom stereocenters. The standard InChI is InChI=1S/C9H16F3NO3/c1-8(13,7(14)15)3-2-5-16-6-4-9(10,11)12/h2-6,13H2,1H3,(H,14,15). The lowest BCUT2D eigenvalue weighted by molar-refractivity contribution is -0.145. The molecule has 0 aromatic rings. The van der Waals surface area contributed by atoms with Crippen LogP contribution in [0, 0.1) is 0 Å². The van der Waals surface area contributed by atoms with Crippen molar-refractivity contribution in [3.63, 3.8) is 0 Å². The maximum Gasteiger partial charge on any atom is 0.391 e. The number of ether oxygens (including phenoxy) is 1. The number of hydrogen-bond donors (Lipinski definition) is 2. The molecule has 96 valence electrons. The molecule has 0 aromatic carbocycles. The molecule has 0 rings (SSSR count).